The van der Waals surface area contributed by atoms with Crippen LogP contribution in [0.2, 0.25) is 0 Å². The Morgan fingerprint density at radius 1 is 1.21 bits per heavy atom. The van der Waals surface area contributed by atoms with Crippen molar-refractivity contribution in [3.8, 4) is 0 Å². The van der Waals surface area contributed by atoms with Gasteiger partial charge in [-0.05, 0) is 32.9 Å². The number of halogens is 1. The molecule has 0 aliphatic carbocycles. The number of guanidine groups is 1. The van der Waals surface area contributed by atoms with Gasteiger partial charge >= 0.3 is 0 Å². The lowest BCUT2D eigenvalue weighted by atomic mass is 10.3. The van der Waals surface area contributed by atoms with Crippen LogP contribution in [0, 0.1) is 0 Å². The van der Waals surface area contributed by atoms with E-state index in [2.05, 4.69) is 20.6 Å². The molecule has 0 spiro atoms. The number of carbonyl (C=O) groups is 1. The SMILES string of the molecule is CCNC(=NCCC(=O)N(CC)CC)NCCc1ccccn1.I. The van der Waals surface area contributed by atoms with Crippen LogP contribution in [-0.2, 0) is 11.2 Å². The Morgan fingerprint density at radius 2 is 1.96 bits per heavy atom. The van der Waals surface area contributed by atoms with Gasteiger partial charge in [0, 0.05) is 50.9 Å². The molecule has 2 N–H and O–H groups in total. The van der Waals surface area contributed by atoms with Gasteiger partial charge in [0.2, 0.25) is 5.91 Å². The van der Waals surface area contributed by atoms with Gasteiger partial charge in [0.05, 0.1) is 6.54 Å². The van der Waals surface area contributed by atoms with Gasteiger partial charge in [0.25, 0.3) is 0 Å². The minimum atomic E-state index is 0. The van der Waals surface area contributed by atoms with Crippen molar-refractivity contribution in [3.05, 3.63) is 30.1 Å². The molecular formula is C17H30IN5O. The molecule has 1 aromatic rings. The predicted octanol–water partition coefficient (Wildman–Crippen LogP) is 2.06. The van der Waals surface area contributed by atoms with Crippen LogP contribution in [-0.4, -0.2) is 54.5 Å². The van der Waals surface area contributed by atoms with E-state index in [4.69, 9.17) is 0 Å². The summed E-state index contributed by atoms with van der Waals surface area (Å²) in [6.07, 6.45) is 3.08. The van der Waals surface area contributed by atoms with E-state index in [-0.39, 0.29) is 29.9 Å². The van der Waals surface area contributed by atoms with Crippen LogP contribution in [0.1, 0.15) is 32.9 Å². The van der Waals surface area contributed by atoms with Crippen LogP contribution in [0.25, 0.3) is 0 Å². The third-order valence-corrected chi connectivity index (χ3v) is 3.46. The summed E-state index contributed by atoms with van der Waals surface area (Å²) >= 11 is 0. The van der Waals surface area contributed by atoms with E-state index in [1.165, 1.54) is 0 Å². The molecular weight excluding hydrogens is 417 g/mol. The van der Waals surface area contributed by atoms with Crippen molar-refractivity contribution in [1.82, 2.24) is 20.5 Å². The van der Waals surface area contributed by atoms with E-state index in [9.17, 15) is 4.79 Å². The van der Waals surface area contributed by atoms with Gasteiger partial charge in [-0.1, -0.05) is 6.07 Å². The van der Waals surface area contributed by atoms with Crippen molar-refractivity contribution >= 4 is 35.8 Å². The Balaban J connectivity index is 0.00000529. The molecule has 0 saturated carbocycles. The minimum Gasteiger partial charge on any atom is -0.357 e. The van der Waals surface area contributed by atoms with E-state index in [0.29, 0.717) is 13.0 Å². The molecule has 136 valence electrons. The molecule has 6 nitrogen and oxygen atoms in total. The van der Waals surface area contributed by atoms with Crippen LogP contribution in [0.5, 0.6) is 0 Å². The maximum absolute atomic E-state index is 12.0. The fourth-order valence-electron chi connectivity index (χ4n) is 2.19. The fraction of sp³-hybridized carbons (Fsp3) is 0.588. The lowest BCUT2D eigenvalue weighted by molar-refractivity contribution is -0.130. The summed E-state index contributed by atoms with van der Waals surface area (Å²) in [5.74, 6) is 0.902. The second-order valence-corrected chi connectivity index (χ2v) is 5.07. The molecule has 0 aromatic carbocycles. The number of pyridine rings is 1. The zero-order valence-corrected chi connectivity index (χ0v) is 17.2. The summed E-state index contributed by atoms with van der Waals surface area (Å²) < 4.78 is 0. The van der Waals surface area contributed by atoms with Gasteiger partial charge < -0.3 is 15.5 Å². The molecule has 1 amide bonds. The lowest BCUT2D eigenvalue weighted by Crippen LogP contribution is -2.38. The Hall–Kier alpha value is -1.38. The molecule has 0 unspecified atom stereocenters. The Labute approximate surface area is 162 Å². The molecule has 1 aromatic heterocycles. The number of aliphatic imine (C=N–C) groups is 1. The first-order chi connectivity index (χ1) is 11.2. The molecule has 0 aliphatic heterocycles. The van der Waals surface area contributed by atoms with Crippen LogP contribution in [0.3, 0.4) is 0 Å². The quantitative estimate of drug-likeness (QED) is 0.346. The molecule has 0 fully saturated rings. The highest BCUT2D eigenvalue weighted by Crippen LogP contribution is 1.95. The number of carbonyl (C=O) groups excluding carboxylic acids is 1. The molecule has 7 heteroatoms. The number of hydrogen-bond donors (Lipinski definition) is 2. The molecule has 1 heterocycles. The normalized spacial score (nSPS) is 10.7. The average Bonchev–Trinajstić information content (AvgIpc) is 2.57. The van der Waals surface area contributed by atoms with Gasteiger partial charge in [-0.15, -0.1) is 24.0 Å². The molecule has 0 saturated heterocycles. The molecule has 1 rings (SSSR count). The second-order valence-electron chi connectivity index (χ2n) is 5.07. The highest BCUT2D eigenvalue weighted by atomic mass is 127. The van der Waals surface area contributed by atoms with Gasteiger partial charge in [0.1, 0.15) is 0 Å². The zero-order valence-electron chi connectivity index (χ0n) is 14.9. The third kappa shape index (κ3) is 9.05. The smallest absolute Gasteiger partial charge is 0.224 e. The summed E-state index contributed by atoms with van der Waals surface area (Å²) in [5, 5.41) is 6.47. The van der Waals surface area contributed by atoms with E-state index < -0.39 is 0 Å². The number of nitrogens with zero attached hydrogens (tertiary/aromatic N) is 3. The number of rotatable bonds is 9. The first-order valence-corrected chi connectivity index (χ1v) is 8.41. The maximum atomic E-state index is 12.0. The number of aromatic nitrogens is 1. The maximum Gasteiger partial charge on any atom is 0.224 e. The Kier molecular flexibility index (Phi) is 13.2. The summed E-state index contributed by atoms with van der Waals surface area (Å²) in [7, 11) is 0. The Morgan fingerprint density at radius 3 is 2.54 bits per heavy atom. The van der Waals surface area contributed by atoms with Crippen LogP contribution in [0.4, 0.5) is 0 Å². The summed E-state index contributed by atoms with van der Waals surface area (Å²) in [4.78, 5) is 22.5. The second kappa shape index (κ2) is 14.0. The van der Waals surface area contributed by atoms with Crippen molar-refractivity contribution < 1.29 is 4.79 Å². The van der Waals surface area contributed by atoms with Crippen LogP contribution in [0.15, 0.2) is 29.4 Å². The van der Waals surface area contributed by atoms with Crippen molar-refractivity contribution in [1.29, 1.82) is 0 Å². The highest BCUT2D eigenvalue weighted by Gasteiger charge is 2.08. The standard InChI is InChI=1S/C17H29N5O.HI/c1-4-18-17(20-13-10-15-9-7-8-12-19-15)21-14-11-16(23)22(5-2)6-3;/h7-9,12H,4-6,10-11,13-14H2,1-3H3,(H2,18,20,21);1H. The van der Waals surface area contributed by atoms with Crippen molar-refractivity contribution in [3.63, 3.8) is 0 Å². The molecule has 0 bridgehead atoms. The molecule has 0 radical (unpaired) electrons. The third-order valence-electron chi connectivity index (χ3n) is 3.46. The number of hydrogen-bond acceptors (Lipinski definition) is 3. The van der Waals surface area contributed by atoms with Crippen molar-refractivity contribution in [2.75, 3.05) is 32.7 Å². The van der Waals surface area contributed by atoms with Gasteiger partial charge in [-0.2, -0.15) is 0 Å². The van der Waals surface area contributed by atoms with Crippen LogP contribution < -0.4 is 10.6 Å². The highest BCUT2D eigenvalue weighted by molar-refractivity contribution is 14.0. The molecule has 0 aliphatic rings. The first-order valence-electron chi connectivity index (χ1n) is 8.41. The predicted molar refractivity (Wildman–Crippen MR) is 110 cm³/mol. The monoisotopic (exact) mass is 447 g/mol. The molecule has 0 atom stereocenters. The number of nitrogens with one attached hydrogen (secondary N) is 2. The summed E-state index contributed by atoms with van der Waals surface area (Å²) in [5.41, 5.74) is 1.05. The Bertz CT molecular complexity index is 477. The zero-order chi connectivity index (χ0) is 16.9. The average molecular weight is 447 g/mol. The summed E-state index contributed by atoms with van der Waals surface area (Å²) in [6, 6.07) is 5.91. The van der Waals surface area contributed by atoms with Crippen molar-refractivity contribution in [2.24, 2.45) is 4.99 Å². The van der Waals surface area contributed by atoms with Gasteiger partial charge in [0.15, 0.2) is 5.96 Å². The van der Waals surface area contributed by atoms with Gasteiger partial charge in [-0.3, -0.25) is 14.8 Å². The topological polar surface area (TPSA) is 69.6 Å². The van der Waals surface area contributed by atoms with Crippen LogP contribution >= 0.6 is 24.0 Å². The number of amides is 1. The van der Waals surface area contributed by atoms with Gasteiger partial charge in [-0.25, -0.2) is 0 Å². The minimum absolute atomic E-state index is 0. The largest absolute Gasteiger partial charge is 0.357 e. The van der Waals surface area contributed by atoms with E-state index in [0.717, 1.165) is 44.3 Å². The fourth-order valence-corrected chi connectivity index (χ4v) is 2.19. The van der Waals surface area contributed by atoms with E-state index in [1.54, 1.807) is 6.20 Å². The van der Waals surface area contributed by atoms with E-state index in [1.807, 2.05) is 43.9 Å². The van der Waals surface area contributed by atoms with Crippen molar-refractivity contribution in [2.45, 2.75) is 33.6 Å². The summed E-state index contributed by atoms with van der Waals surface area (Å²) in [6.45, 7) is 9.56. The van der Waals surface area contributed by atoms with E-state index >= 15 is 0 Å². The molecule has 24 heavy (non-hydrogen) atoms. The lowest BCUT2D eigenvalue weighted by Gasteiger charge is -2.18. The first kappa shape index (κ1) is 22.6.